The molecule has 3 aromatic rings. The van der Waals surface area contributed by atoms with Crippen LogP contribution < -0.4 is 11.2 Å². The summed E-state index contributed by atoms with van der Waals surface area (Å²) in [6, 6.07) is 15.5. The van der Waals surface area contributed by atoms with E-state index in [1.165, 1.54) is 10.2 Å². The summed E-state index contributed by atoms with van der Waals surface area (Å²) in [5, 5.41) is 6.94. The Balaban J connectivity index is 1.81. The first kappa shape index (κ1) is 19.8. The summed E-state index contributed by atoms with van der Waals surface area (Å²) < 4.78 is 1.76. The Bertz CT molecular complexity index is 1020. The highest BCUT2D eigenvalue weighted by atomic mass is 32.1. The molecule has 4 N–H and O–H groups in total. The van der Waals surface area contributed by atoms with E-state index in [1.807, 2.05) is 37.3 Å². The van der Waals surface area contributed by atoms with Crippen LogP contribution in [0.2, 0.25) is 0 Å². The molecule has 0 fully saturated rings. The van der Waals surface area contributed by atoms with Gasteiger partial charge in [0.05, 0.1) is 5.92 Å². The van der Waals surface area contributed by atoms with Crippen LogP contribution in [0, 0.1) is 10.7 Å². The third kappa shape index (κ3) is 4.31. The molecule has 0 saturated carbocycles. The van der Waals surface area contributed by atoms with Crippen LogP contribution in [0.4, 0.5) is 5.69 Å². The van der Waals surface area contributed by atoms with Crippen LogP contribution in [0.25, 0.3) is 11.4 Å². The van der Waals surface area contributed by atoms with E-state index in [4.69, 9.17) is 18.0 Å². The lowest BCUT2D eigenvalue weighted by atomic mass is 9.96. The van der Waals surface area contributed by atoms with Crippen molar-refractivity contribution in [3.8, 4) is 11.4 Å². The molecule has 0 bridgehead atoms. The standard InChI is InChI=1S/C21H25N5OS/c1-13(2)12-15-8-10-16(11-9-15)14(3)20(27)25-26-19(23-24-21(26)28)17-6-4-5-7-18(17)22/h4-11,13-14H,12,22H2,1-3H3,(H,24,28)(H,25,27). The average molecular weight is 396 g/mol. The van der Waals surface area contributed by atoms with Crippen molar-refractivity contribution in [2.45, 2.75) is 33.1 Å². The highest BCUT2D eigenvalue weighted by Crippen LogP contribution is 2.24. The maximum Gasteiger partial charge on any atom is 0.246 e. The van der Waals surface area contributed by atoms with Crippen molar-refractivity contribution in [3.05, 3.63) is 64.4 Å². The van der Waals surface area contributed by atoms with Crippen molar-refractivity contribution < 1.29 is 4.79 Å². The second kappa shape index (κ2) is 8.39. The number of nitrogen functional groups attached to an aromatic ring is 1. The molecule has 3 rings (SSSR count). The first-order valence-electron chi connectivity index (χ1n) is 9.28. The summed E-state index contributed by atoms with van der Waals surface area (Å²) in [4.78, 5) is 12.8. The van der Waals surface area contributed by atoms with Gasteiger partial charge in [0.2, 0.25) is 10.7 Å². The smallest absolute Gasteiger partial charge is 0.246 e. The molecule has 0 radical (unpaired) electrons. The first-order valence-corrected chi connectivity index (χ1v) is 9.69. The molecule has 2 aromatic carbocycles. The molecule has 1 atom stereocenters. The van der Waals surface area contributed by atoms with Crippen LogP contribution in [0.15, 0.2) is 48.5 Å². The molecule has 0 aliphatic rings. The molecule has 1 heterocycles. The summed E-state index contributed by atoms with van der Waals surface area (Å²) >= 11 is 5.28. The number of hydrogen-bond donors (Lipinski definition) is 3. The second-order valence-corrected chi connectivity index (χ2v) is 7.70. The van der Waals surface area contributed by atoms with Gasteiger partial charge in [-0.15, -0.1) is 0 Å². The number of nitrogens with zero attached hydrogens (tertiary/aromatic N) is 2. The number of nitrogens with two attached hydrogens (primary N) is 1. The maximum atomic E-state index is 12.8. The van der Waals surface area contributed by atoms with Crippen molar-refractivity contribution in [2.75, 3.05) is 11.2 Å². The minimum absolute atomic E-state index is 0.176. The number of H-pyrrole nitrogens is 1. The molecule has 1 amide bonds. The van der Waals surface area contributed by atoms with Gasteiger partial charge in [-0.3, -0.25) is 10.2 Å². The predicted octanol–water partition coefficient (Wildman–Crippen LogP) is 4.26. The number of carbonyl (C=O) groups excluding carboxylic acids is 1. The number of aromatic amines is 1. The molecule has 7 heteroatoms. The number of aromatic nitrogens is 3. The number of anilines is 1. The van der Waals surface area contributed by atoms with Gasteiger partial charge in [0.1, 0.15) is 0 Å². The van der Waals surface area contributed by atoms with E-state index in [-0.39, 0.29) is 11.8 Å². The zero-order valence-corrected chi connectivity index (χ0v) is 17.1. The Hall–Kier alpha value is -2.93. The van der Waals surface area contributed by atoms with Gasteiger partial charge in [-0.05, 0) is 54.7 Å². The second-order valence-electron chi connectivity index (χ2n) is 7.31. The van der Waals surface area contributed by atoms with Gasteiger partial charge in [0.25, 0.3) is 0 Å². The highest BCUT2D eigenvalue weighted by Gasteiger charge is 2.19. The largest absolute Gasteiger partial charge is 0.398 e. The monoisotopic (exact) mass is 395 g/mol. The van der Waals surface area contributed by atoms with Crippen LogP contribution in [0.1, 0.15) is 37.8 Å². The van der Waals surface area contributed by atoms with Crippen LogP contribution in [0.5, 0.6) is 0 Å². The first-order chi connectivity index (χ1) is 13.4. The molecule has 0 saturated heterocycles. The summed E-state index contributed by atoms with van der Waals surface area (Å²) in [7, 11) is 0. The van der Waals surface area contributed by atoms with Crippen LogP contribution in [-0.4, -0.2) is 20.8 Å². The molecule has 146 valence electrons. The van der Waals surface area contributed by atoms with Gasteiger partial charge in [-0.2, -0.15) is 5.10 Å². The van der Waals surface area contributed by atoms with E-state index in [1.54, 1.807) is 6.07 Å². The van der Waals surface area contributed by atoms with E-state index in [0.29, 0.717) is 27.8 Å². The van der Waals surface area contributed by atoms with Crippen molar-refractivity contribution in [1.82, 2.24) is 14.9 Å². The molecular formula is C21H25N5OS. The molecule has 0 aliphatic carbocycles. The molecular weight excluding hydrogens is 370 g/mol. The van der Waals surface area contributed by atoms with Crippen molar-refractivity contribution >= 4 is 23.8 Å². The van der Waals surface area contributed by atoms with Crippen molar-refractivity contribution in [1.29, 1.82) is 0 Å². The van der Waals surface area contributed by atoms with Gasteiger partial charge in [-0.25, -0.2) is 9.77 Å². The van der Waals surface area contributed by atoms with Gasteiger partial charge in [-0.1, -0.05) is 50.2 Å². The van der Waals surface area contributed by atoms with Gasteiger partial charge in [0, 0.05) is 11.3 Å². The summed E-state index contributed by atoms with van der Waals surface area (Å²) in [6.45, 7) is 6.25. The third-order valence-corrected chi connectivity index (χ3v) is 4.89. The SMILES string of the molecule is CC(C)Cc1ccc(C(C)C(=O)Nn2c(-c3ccccc3N)n[nH]c2=S)cc1. The van der Waals surface area contributed by atoms with E-state index in [0.717, 1.165) is 12.0 Å². The van der Waals surface area contributed by atoms with Crippen molar-refractivity contribution in [2.24, 2.45) is 5.92 Å². The van der Waals surface area contributed by atoms with E-state index < -0.39 is 0 Å². The zero-order valence-electron chi connectivity index (χ0n) is 16.3. The van der Waals surface area contributed by atoms with E-state index in [2.05, 4.69) is 41.6 Å². The van der Waals surface area contributed by atoms with Gasteiger partial charge >= 0.3 is 0 Å². The Kier molecular flexibility index (Phi) is 5.94. The summed E-state index contributed by atoms with van der Waals surface area (Å²) in [6.07, 6.45) is 1.02. The van der Waals surface area contributed by atoms with Crippen LogP contribution in [-0.2, 0) is 11.2 Å². The lowest BCUT2D eigenvalue weighted by Gasteiger charge is -2.15. The number of nitrogens with one attached hydrogen (secondary N) is 2. The minimum Gasteiger partial charge on any atom is -0.398 e. The van der Waals surface area contributed by atoms with Crippen LogP contribution >= 0.6 is 12.2 Å². The Morgan fingerprint density at radius 1 is 1.18 bits per heavy atom. The number of carbonyl (C=O) groups is 1. The fourth-order valence-corrected chi connectivity index (χ4v) is 3.23. The highest BCUT2D eigenvalue weighted by molar-refractivity contribution is 7.71. The molecule has 1 aromatic heterocycles. The minimum atomic E-state index is -0.342. The number of benzene rings is 2. The number of hydrogen-bond acceptors (Lipinski definition) is 4. The Morgan fingerprint density at radius 2 is 1.86 bits per heavy atom. The predicted molar refractivity (Wildman–Crippen MR) is 115 cm³/mol. The van der Waals surface area contributed by atoms with Crippen LogP contribution in [0.3, 0.4) is 0 Å². The topological polar surface area (TPSA) is 88.7 Å². The third-order valence-electron chi connectivity index (χ3n) is 4.61. The number of para-hydroxylation sites is 1. The number of amides is 1. The Labute approximate surface area is 169 Å². The summed E-state index contributed by atoms with van der Waals surface area (Å²) in [5.74, 6) is 0.546. The average Bonchev–Trinajstić information content (AvgIpc) is 3.02. The zero-order chi connectivity index (χ0) is 20.3. The Morgan fingerprint density at radius 3 is 2.50 bits per heavy atom. The normalized spacial score (nSPS) is 12.1. The molecule has 0 spiro atoms. The van der Waals surface area contributed by atoms with E-state index >= 15 is 0 Å². The lowest BCUT2D eigenvalue weighted by molar-refractivity contribution is -0.118. The van der Waals surface area contributed by atoms with Gasteiger partial charge < -0.3 is 5.73 Å². The van der Waals surface area contributed by atoms with E-state index in [9.17, 15) is 4.79 Å². The fraction of sp³-hybridized carbons (Fsp3) is 0.286. The quantitative estimate of drug-likeness (QED) is 0.430. The lowest BCUT2D eigenvalue weighted by Crippen LogP contribution is -2.28. The number of rotatable bonds is 6. The molecule has 6 nitrogen and oxygen atoms in total. The fourth-order valence-electron chi connectivity index (χ4n) is 3.05. The van der Waals surface area contributed by atoms with Crippen molar-refractivity contribution in [3.63, 3.8) is 0 Å². The summed E-state index contributed by atoms with van der Waals surface area (Å²) in [5.41, 5.74) is 12.4. The molecule has 28 heavy (non-hydrogen) atoms. The molecule has 0 aliphatic heterocycles. The maximum absolute atomic E-state index is 12.8. The molecule has 1 unspecified atom stereocenters. The van der Waals surface area contributed by atoms with Gasteiger partial charge in [0.15, 0.2) is 5.82 Å².